The molecule has 1 aliphatic heterocycles. The van der Waals surface area contributed by atoms with Crippen LogP contribution in [-0.2, 0) is 6.18 Å². The smallest absolute Gasteiger partial charge is 0.314 e. The quantitative estimate of drug-likeness (QED) is 0.839. The predicted molar refractivity (Wildman–Crippen MR) is 76.5 cm³/mol. The molecule has 1 fully saturated rings. The molecule has 1 aromatic carbocycles. The standard InChI is InChI=1S/C14H16BrF3N2/c1-2-13(20-7-5-19-6-8-20)11-9-10(14(16,17)18)3-4-12(11)15/h2-4,9,13,19H,1,5-8H2/t13-/m1/s1. The third-order valence-corrected chi connectivity index (χ3v) is 4.13. The molecule has 0 saturated carbocycles. The highest BCUT2D eigenvalue weighted by molar-refractivity contribution is 9.10. The first kappa shape index (κ1) is 15.5. The van der Waals surface area contributed by atoms with E-state index in [1.807, 2.05) is 0 Å². The van der Waals surface area contributed by atoms with Crippen LogP contribution >= 0.6 is 15.9 Å². The normalized spacial score (nSPS) is 18.8. The number of nitrogens with one attached hydrogen (secondary N) is 1. The van der Waals surface area contributed by atoms with E-state index in [-0.39, 0.29) is 6.04 Å². The molecule has 1 atom stereocenters. The van der Waals surface area contributed by atoms with Gasteiger partial charge in [0.05, 0.1) is 11.6 Å². The van der Waals surface area contributed by atoms with Crippen molar-refractivity contribution < 1.29 is 13.2 Å². The summed E-state index contributed by atoms with van der Waals surface area (Å²) < 4.78 is 39.2. The lowest BCUT2D eigenvalue weighted by Crippen LogP contribution is -2.44. The van der Waals surface area contributed by atoms with Crippen molar-refractivity contribution in [2.45, 2.75) is 12.2 Å². The van der Waals surface area contributed by atoms with Gasteiger partial charge in [0.15, 0.2) is 0 Å². The van der Waals surface area contributed by atoms with E-state index in [2.05, 4.69) is 32.7 Å². The monoisotopic (exact) mass is 348 g/mol. The average Bonchev–Trinajstić information content (AvgIpc) is 2.41. The second kappa shape index (κ2) is 6.28. The summed E-state index contributed by atoms with van der Waals surface area (Å²) in [6, 6.07) is 3.54. The first-order chi connectivity index (χ1) is 9.43. The van der Waals surface area contributed by atoms with Gasteiger partial charge in [0, 0.05) is 30.7 Å². The maximum absolute atomic E-state index is 12.8. The van der Waals surface area contributed by atoms with Crippen LogP contribution in [0.15, 0.2) is 35.3 Å². The van der Waals surface area contributed by atoms with Crippen molar-refractivity contribution in [3.05, 3.63) is 46.5 Å². The van der Waals surface area contributed by atoms with Crippen LogP contribution in [0.1, 0.15) is 17.2 Å². The van der Waals surface area contributed by atoms with Crippen LogP contribution in [-0.4, -0.2) is 31.1 Å². The Balaban J connectivity index is 2.35. The van der Waals surface area contributed by atoms with E-state index in [0.29, 0.717) is 10.0 Å². The number of nitrogens with zero attached hydrogens (tertiary/aromatic N) is 1. The molecule has 0 aliphatic carbocycles. The molecule has 110 valence electrons. The fourth-order valence-electron chi connectivity index (χ4n) is 2.38. The van der Waals surface area contributed by atoms with Gasteiger partial charge in [-0.15, -0.1) is 6.58 Å². The highest BCUT2D eigenvalue weighted by atomic mass is 79.9. The molecule has 0 amide bonds. The third-order valence-electron chi connectivity index (χ3n) is 3.41. The fraction of sp³-hybridized carbons (Fsp3) is 0.429. The Morgan fingerprint density at radius 1 is 1.30 bits per heavy atom. The molecule has 20 heavy (non-hydrogen) atoms. The molecular formula is C14H16BrF3N2. The van der Waals surface area contributed by atoms with E-state index < -0.39 is 11.7 Å². The number of halogens is 4. The molecule has 0 aromatic heterocycles. The molecule has 2 rings (SSSR count). The molecule has 0 unspecified atom stereocenters. The summed E-state index contributed by atoms with van der Waals surface area (Å²) in [5.41, 5.74) is -0.0191. The molecule has 0 radical (unpaired) electrons. The summed E-state index contributed by atoms with van der Waals surface area (Å²) in [4.78, 5) is 2.13. The van der Waals surface area contributed by atoms with E-state index in [1.54, 1.807) is 6.08 Å². The van der Waals surface area contributed by atoms with Gasteiger partial charge in [-0.2, -0.15) is 13.2 Å². The van der Waals surface area contributed by atoms with Crippen LogP contribution in [0.5, 0.6) is 0 Å². The van der Waals surface area contributed by atoms with Gasteiger partial charge in [-0.3, -0.25) is 4.90 Å². The maximum atomic E-state index is 12.8. The first-order valence-corrected chi connectivity index (χ1v) is 7.16. The molecule has 0 spiro atoms. The van der Waals surface area contributed by atoms with E-state index >= 15 is 0 Å². The number of rotatable bonds is 3. The lowest BCUT2D eigenvalue weighted by atomic mass is 10.0. The highest BCUT2D eigenvalue weighted by Crippen LogP contribution is 2.35. The summed E-state index contributed by atoms with van der Waals surface area (Å²) in [7, 11) is 0. The molecule has 1 saturated heterocycles. The summed E-state index contributed by atoms with van der Waals surface area (Å²) in [6.07, 6.45) is -2.63. The summed E-state index contributed by atoms with van der Waals surface area (Å²) >= 11 is 3.35. The lowest BCUT2D eigenvalue weighted by Gasteiger charge is -2.34. The van der Waals surface area contributed by atoms with Gasteiger partial charge >= 0.3 is 6.18 Å². The number of piperazine rings is 1. The van der Waals surface area contributed by atoms with E-state index in [9.17, 15) is 13.2 Å². The van der Waals surface area contributed by atoms with Crippen molar-refractivity contribution in [1.29, 1.82) is 0 Å². The molecular weight excluding hydrogens is 333 g/mol. The van der Waals surface area contributed by atoms with Crippen molar-refractivity contribution >= 4 is 15.9 Å². The van der Waals surface area contributed by atoms with Crippen LogP contribution in [0.4, 0.5) is 13.2 Å². The zero-order valence-corrected chi connectivity index (χ0v) is 12.5. The van der Waals surface area contributed by atoms with Crippen molar-refractivity contribution in [1.82, 2.24) is 10.2 Å². The topological polar surface area (TPSA) is 15.3 Å². The molecule has 1 aromatic rings. The zero-order chi connectivity index (χ0) is 14.8. The molecule has 0 bridgehead atoms. The van der Waals surface area contributed by atoms with Gasteiger partial charge in [-0.05, 0) is 23.8 Å². The van der Waals surface area contributed by atoms with Gasteiger partial charge in [0.25, 0.3) is 0 Å². The Bertz CT molecular complexity index is 482. The molecule has 6 heteroatoms. The second-order valence-corrected chi connectivity index (χ2v) is 5.55. The molecule has 2 nitrogen and oxygen atoms in total. The van der Waals surface area contributed by atoms with Gasteiger partial charge < -0.3 is 5.32 Å². The van der Waals surface area contributed by atoms with Crippen molar-refractivity contribution in [3.8, 4) is 0 Å². The summed E-state index contributed by atoms with van der Waals surface area (Å²) in [6.45, 7) is 7.03. The molecule has 1 aliphatic rings. The van der Waals surface area contributed by atoms with Gasteiger partial charge in [0.2, 0.25) is 0 Å². The van der Waals surface area contributed by atoms with E-state index in [4.69, 9.17) is 0 Å². The Morgan fingerprint density at radius 2 is 1.95 bits per heavy atom. The minimum Gasteiger partial charge on any atom is -0.314 e. The van der Waals surface area contributed by atoms with E-state index in [1.165, 1.54) is 12.1 Å². The number of alkyl halides is 3. The van der Waals surface area contributed by atoms with Crippen molar-refractivity contribution in [2.24, 2.45) is 0 Å². The minimum atomic E-state index is -4.33. The van der Waals surface area contributed by atoms with Gasteiger partial charge in [-0.1, -0.05) is 22.0 Å². The summed E-state index contributed by atoms with van der Waals surface area (Å²) in [5.74, 6) is 0. The lowest BCUT2D eigenvalue weighted by molar-refractivity contribution is -0.137. The Morgan fingerprint density at radius 3 is 2.50 bits per heavy atom. The van der Waals surface area contributed by atoms with Crippen LogP contribution in [0.25, 0.3) is 0 Å². The second-order valence-electron chi connectivity index (χ2n) is 4.70. The Kier molecular flexibility index (Phi) is 4.88. The largest absolute Gasteiger partial charge is 0.416 e. The van der Waals surface area contributed by atoms with Gasteiger partial charge in [-0.25, -0.2) is 0 Å². The van der Waals surface area contributed by atoms with E-state index in [0.717, 1.165) is 32.2 Å². The maximum Gasteiger partial charge on any atom is 0.416 e. The predicted octanol–water partition coefficient (Wildman–Crippen LogP) is 3.60. The Labute approximate surface area is 124 Å². The van der Waals surface area contributed by atoms with Crippen molar-refractivity contribution in [2.75, 3.05) is 26.2 Å². The molecule has 1 heterocycles. The third kappa shape index (κ3) is 3.42. The molecule has 1 N–H and O–H groups in total. The fourth-order valence-corrected chi connectivity index (χ4v) is 2.86. The minimum absolute atomic E-state index is 0.214. The van der Waals surface area contributed by atoms with Crippen LogP contribution < -0.4 is 5.32 Å². The highest BCUT2D eigenvalue weighted by Gasteiger charge is 2.32. The van der Waals surface area contributed by atoms with Crippen molar-refractivity contribution in [3.63, 3.8) is 0 Å². The zero-order valence-electron chi connectivity index (χ0n) is 10.9. The van der Waals surface area contributed by atoms with Crippen LogP contribution in [0.2, 0.25) is 0 Å². The first-order valence-electron chi connectivity index (χ1n) is 6.37. The summed E-state index contributed by atoms with van der Waals surface area (Å²) in [5, 5.41) is 3.23. The van der Waals surface area contributed by atoms with Gasteiger partial charge in [0.1, 0.15) is 0 Å². The SMILES string of the molecule is C=C[C@H](c1cc(C(F)(F)F)ccc1Br)N1CCNCC1. The number of hydrogen-bond acceptors (Lipinski definition) is 2. The Hall–Kier alpha value is -0.850. The van der Waals surface area contributed by atoms with Crippen LogP contribution in [0.3, 0.4) is 0 Å². The van der Waals surface area contributed by atoms with Crippen LogP contribution in [0, 0.1) is 0 Å². The number of hydrogen-bond donors (Lipinski definition) is 1. The average molecular weight is 349 g/mol. The number of benzene rings is 1.